The summed E-state index contributed by atoms with van der Waals surface area (Å²) in [7, 11) is 1.47. The van der Waals surface area contributed by atoms with Crippen LogP contribution in [-0.4, -0.2) is 42.9 Å². The van der Waals surface area contributed by atoms with Crippen LogP contribution in [0, 0.1) is 5.92 Å². The molecule has 29 heavy (non-hydrogen) atoms. The van der Waals surface area contributed by atoms with Crippen LogP contribution in [0.25, 0.3) is 0 Å². The summed E-state index contributed by atoms with van der Waals surface area (Å²) < 4.78 is 10.3. The van der Waals surface area contributed by atoms with Gasteiger partial charge in [-0.15, -0.1) is 0 Å². The number of methoxy groups -OCH3 is 1. The first-order chi connectivity index (χ1) is 14.0. The van der Waals surface area contributed by atoms with Crippen LogP contribution < -0.4 is 10.1 Å². The lowest BCUT2D eigenvalue weighted by atomic mass is 10.1. The summed E-state index contributed by atoms with van der Waals surface area (Å²) >= 11 is 5.93. The number of hydrogen-bond donors (Lipinski definition) is 1. The highest BCUT2D eigenvalue weighted by atomic mass is 35.5. The van der Waals surface area contributed by atoms with Gasteiger partial charge >= 0.3 is 5.97 Å². The van der Waals surface area contributed by atoms with Crippen molar-refractivity contribution in [3.8, 4) is 5.75 Å². The number of esters is 1. The zero-order valence-electron chi connectivity index (χ0n) is 15.9. The summed E-state index contributed by atoms with van der Waals surface area (Å²) in [6, 6.07) is 14.3. The molecule has 1 atom stereocenters. The first-order valence-electron chi connectivity index (χ1n) is 9.08. The van der Waals surface area contributed by atoms with Crippen LogP contribution in [0.15, 0.2) is 48.5 Å². The number of halogens is 1. The summed E-state index contributed by atoms with van der Waals surface area (Å²) in [4.78, 5) is 38.2. The topological polar surface area (TPSA) is 84.9 Å². The molecule has 0 bridgehead atoms. The number of nitrogens with zero attached hydrogens (tertiary/aromatic N) is 1. The van der Waals surface area contributed by atoms with Gasteiger partial charge in [0.15, 0.2) is 6.61 Å². The third-order valence-electron chi connectivity index (χ3n) is 4.55. The monoisotopic (exact) mass is 416 g/mol. The SMILES string of the molecule is COc1ccc(Cl)cc1NC(=O)COC(=O)[C@@H]1CC(=O)N(Cc2ccccc2)C1. The molecule has 0 aromatic heterocycles. The van der Waals surface area contributed by atoms with E-state index in [4.69, 9.17) is 21.1 Å². The molecular weight excluding hydrogens is 396 g/mol. The minimum Gasteiger partial charge on any atom is -0.495 e. The maximum absolute atomic E-state index is 12.3. The number of amides is 2. The van der Waals surface area contributed by atoms with Gasteiger partial charge in [0.1, 0.15) is 5.75 Å². The van der Waals surface area contributed by atoms with Gasteiger partial charge in [-0.05, 0) is 23.8 Å². The molecule has 3 rings (SSSR count). The van der Waals surface area contributed by atoms with Crippen LogP contribution in [0.1, 0.15) is 12.0 Å². The third kappa shape index (κ3) is 5.48. The molecule has 1 heterocycles. The predicted molar refractivity (Wildman–Crippen MR) is 108 cm³/mol. The number of benzene rings is 2. The third-order valence-corrected chi connectivity index (χ3v) is 4.78. The van der Waals surface area contributed by atoms with Crippen LogP contribution in [0.5, 0.6) is 5.75 Å². The Balaban J connectivity index is 1.50. The Morgan fingerprint density at radius 2 is 1.97 bits per heavy atom. The maximum Gasteiger partial charge on any atom is 0.311 e. The number of carbonyl (C=O) groups excluding carboxylic acids is 3. The number of ether oxygens (including phenoxy) is 2. The van der Waals surface area contributed by atoms with Gasteiger partial charge in [-0.1, -0.05) is 41.9 Å². The molecule has 2 amide bonds. The molecule has 1 fully saturated rings. The highest BCUT2D eigenvalue weighted by Crippen LogP contribution is 2.27. The molecule has 1 aliphatic rings. The first-order valence-corrected chi connectivity index (χ1v) is 9.46. The lowest BCUT2D eigenvalue weighted by molar-refractivity contribution is -0.151. The second-order valence-electron chi connectivity index (χ2n) is 6.66. The number of rotatable bonds is 7. The molecule has 0 aliphatic carbocycles. The minimum atomic E-state index is -0.584. The molecule has 0 spiro atoms. The summed E-state index contributed by atoms with van der Waals surface area (Å²) in [5.74, 6) is -1.35. The van der Waals surface area contributed by atoms with E-state index in [0.29, 0.717) is 23.0 Å². The molecule has 1 aliphatic heterocycles. The first kappa shape index (κ1) is 20.7. The van der Waals surface area contributed by atoms with Crippen LogP contribution in [0.2, 0.25) is 5.02 Å². The Morgan fingerprint density at radius 1 is 1.21 bits per heavy atom. The highest BCUT2D eigenvalue weighted by Gasteiger charge is 2.35. The van der Waals surface area contributed by atoms with E-state index in [9.17, 15) is 14.4 Å². The van der Waals surface area contributed by atoms with Gasteiger partial charge in [-0.2, -0.15) is 0 Å². The fourth-order valence-corrected chi connectivity index (χ4v) is 3.28. The van der Waals surface area contributed by atoms with Gasteiger partial charge in [-0.25, -0.2) is 0 Å². The van der Waals surface area contributed by atoms with E-state index in [-0.39, 0.29) is 18.9 Å². The van der Waals surface area contributed by atoms with E-state index in [0.717, 1.165) is 5.56 Å². The summed E-state index contributed by atoms with van der Waals surface area (Å²) in [5, 5.41) is 3.03. The standard InChI is InChI=1S/C21H21ClN2O5/c1-28-18-8-7-16(22)10-17(18)23-19(25)13-29-21(27)15-9-20(26)24(12-15)11-14-5-3-2-4-6-14/h2-8,10,15H,9,11-13H2,1H3,(H,23,25)/t15-/m1/s1. The van der Waals surface area contributed by atoms with Gasteiger partial charge < -0.3 is 19.7 Å². The Labute approximate surface area is 173 Å². The number of carbonyl (C=O) groups is 3. The van der Waals surface area contributed by atoms with Gasteiger partial charge in [0.25, 0.3) is 5.91 Å². The van der Waals surface area contributed by atoms with Crippen molar-refractivity contribution in [2.75, 3.05) is 25.6 Å². The molecule has 7 nitrogen and oxygen atoms in total. The maximum atomic E-state index is 12.3. The largest absolute Gasteiger partial charge is 0.495 e. The van der Waals surface area contributed by atoms with Crippen molar-refractivity contribution >= 4 is 35.1 Å². The van der Waals surface area contributed by atoms with Crippen molar-refractivity contribution in [3.05, 3.63) is 59.1 Å². The van der Waals surface area contributed by atoms with Crippen LogP contribution in [0.4, 0.5) is 5.69 Å². The average Bonchev–Trinajstić information content (AvgIpc) is 3.07. The molecule has 2 aromatic carbocycles. The average molecular weight is 417 g/mol. The molecular formula is C21H21ClN2O5. The molecule has 152 valence electrons. The van der Waals surface area contributed by atoms with Crippen LogP contribution in [0.3, 0.4) is 0 Å². The van der Waals surface area contributed by atoms with E-state index in [1.165, 1.54) is 13.2 Å². The number of nitrogens with one attached hydrogen (secondary N) is 1. The lowest BCUT2D eigenvalue weighted by Gasteiger charge is -2.16. The minimum absolute atomic E-state index is 0.0788. The normalized spacial score (nSPS) is 15.9. The van der Waals surface area contributed by atoms with Gasteiger partial charge in [0.05, 0.1) is 18.7 Å². The molecule has 2 aromatic rings. The van der Waals surface area contributed by atoms with Crippen molar-refractivity contribution in [1.82, 2.24) is 4.90 Å². The van der Waals surface area contributed by atoms with Crippen molar-refractivity contribution in [2.24, 2.45) is 5.92 Å². The van der Waals surface area contributed by atoms with Gasteiger partial charge in [-0.3, -0.25) is 14.4 Å². The molecule has 1 N–H and O–H groups in total. The fraction of sp³-hybridized carbons (Fsp3) is 0.286. The number of likely N-dealkylation sites (tertiary alicyclic amines) is 1. The second-order valence-corrected chi connectivity index (χ2v) is 7.10. The lowest BCUT2D eigenvalue weighted by Crippen LogP contribution is -2.28. The van der Waals surface area contributed by atoms with E-state index >= 15 is 0 Å². The number of hydrogen-bond acceptors (Lipinski definition) is 5. The number of anilines is 1. The van der Waals surface area contributed by atoms with Crippen molar-refractivity contribution < 1.29 is 23.9 Å². The quantitative estimate of drug-likeness (QED) is 0.701. The van der Waals surface area contributed by atoms with E-state index < -0.39 is 24.4 Å². The van der Waals surface area contributed by atoms with Gasteiger partial charge in [0, 0.05) is 24.5 Å². The molecule has 1 saturated heterocycles. The van der Waals surface area contributed by atoms with Crippen LogP contribution in [-0.2, 0) is 25.7 Å². The predicted octanol–water partition coefficient (Wildman–Crippen LogP) is 2.88. The zero-order chi connectivity index (χ0) is 20.8. The summed E-state index contributed by atoms with van der Waals surface area (Å²) in [6.45, 7) is 0.257. The molecule has 0 unspecified atom stereocenters. The molecule has 8 heteroatoms. The van der Waals surface area contributed by atoms with Crippen molar-refractivity contribution in [3.63, 3.8) is 0 Å². The van der Waals surface area contributed by atoms with E-state index in [1.54, 1.807) is 17.0 Å². The summed E-state index contributed by atoms with van der Waals surface area (Å²) in [6.07, 6.45) is 0.0788. The highest BCUT2D eigenvalue weighted by molar-refractivity contribution is 6.31. The second kappa shape index (κ2) is 9.43. The Hall–Kier alpha value is -3.06. The van der Waals surface area contributed by atoms with Crippen molar-refractivity contribution in [2.45, 2.75) is 13.0 Å². The van der Waals surface area contributed by atoms with Gasteiger partial charge in [0.2, 0.25) is 5.91 Å². The molecule has 0 saturated carbocycles. The Morgan fingerprint density at radius 3 is 2.69 bits per heavy atom. The summed E-state index contributed by atoms with van der Waals surface area (Å²) in [5.41, 5.74) is 1.37. The Bertz CT molecular complexity index is 903. The van der Waals surface area contributed by atoms with E-state index in [2.05, 4.69) is 5.32 Å². The van der Waals surface area contributed by atoms with Crippen molar-refractivity contribution in [1.29, 1.82) is 0 Å². The smallest absolute Gasteiger partial charge is 0.311 e. The Kier molecular flexibility index (Phi) is 6.72. The fourth-order valence-electron chi connectivity index (χ4n) is 3.11. The van der Waals surface area contributed by atoms with Crippen LogP contribution >= 0.6 is 11.6 Å². The molecule has 0 radical (unpaired) electrons. The van der Waals surface area contributed by atoms with E-state index in [1.807, 2.05) is 30.3 Å². The zero-order valence-corrected chi connectivity index (χ0v) is 16.6.